The first-order chi connectivity index (χ1) is 19.5. The third kappa shape index (κ3) is 6.64. The molecule has 4 aromatic rings. The minimum absolute atomic E-state index is 0.206. The van der Waals surface area contributed by atoms with Gasteiger partial charge in [0.15, 0.2) is 11.5 Å². The lowest BCUT2D eigenvalue weighted by Gasteiger charge is -2.25. The van der Waals surface area contributed by atoms with E-state index < -0.39 is 5.82 Å². The average Bonchev–Trinajstić information content (AvgIpc) is 3.71. The highest BCUT2D eigenvalue weighted by atomic mass is 32.1. The van der Waals surface area contributed by atoms with E-state index in [1.54, 1.807) is 12.1 Å². The van der Waals surface area contributed by atoms with Crippen molar-refractivity contribution in [3.63, 3.8) is 0 Å². The Labute approximate surface area is 237 Å². The van der Waals surface area contributed by atoms with Gasteiger partial charge < -0.3 is 15.6 Å². The van der Waals surface area contributed by atoms with Gasteiger partial charge >= 0.3 is 0 Å². The number of aryl methyl sites for hydroxylation is 1. The van der Waals surface area contributed by atoms with E-state index in [1.807, 2.05) is 19.3 Å². The molecule has 40 heavy (non-hydrogen) atoms. The van der Waals surface area contributed by atoms with Crippen molar-refractivity contribution >= 4 is 45.7 Å². The summed E-state index contributed by atoms with van der Waals surface area (Å²) in [5, 5.41) is 8.79. The zero-order valence-electron chi connectivity index (χ0n) is 22.7. The number of hydrazine groups is 1. The second-order valence-electron chi connectivity index (χ2n) is 9.73. The number of hydrogen-bond acceptors (Lipinski definition) is 9. The summed E-state index contributed by atoms with van der Waals surface area (Å²) in [5.41, 5.74) is 8.80. The van der Waals surface area contributed by atoms with Crippen molar-refractivity contribution in [2.75, 3.05) is 36.8 Å². The Morgan fingerprint density at radius 3 is 2.77 bits per heavy atom. The predicted octanol–water partition coefficient (Wildman–Crippen LogP) is 4.80. The largest absolute Gasteiger partial charge is 0.328 e. The van der Waals surface area contributed by atoms with Gasteiger partial charge in [-0.3, -0.25) is 14.1 Å². The van der Waals surface area contributed by atoms with Crippen LogP contribution >= 0.6 is 11.5 Å². The third-order valence-electron chi connectivity index (χ3n) is 6.79. The zero-order chi connectivity index (χ0) is 27.9. The van der Waals surface area contributed by atoms with Gasteiger partial charge in [0.2, 0.25) is 6.41 Å². The topological polar surface area (TPSA) is 103 Å². The summed E-state index contributed by atoms with van der Waals surface area (Å²) in [5.74, 6) is 0.350. The van der Waals surface area contributed by atoms with Crippen molar-refractivity contribution in [1.29, 1.82) is 0 Å². The van der Waals surface area contributed by atoms with Crippen LogP contribution in [0.15, 0.2) is 48.9 Å². The molecule has 0 atom stereocenters. The summed E-state index contributed by atoms with van der Waals surface area (Å²) < 4.78 is 19.3. The molecule has 1 fully saturated rings. The van der Waals surface area contributed by atoms with E-state index in [4.69, 9.17) is 4.98 Å². The fourth-order valence-electron chi connectivity index (χ4n) is 4.81. The van der Waals surface area contributed by atoms with E-state index in [1.165, 1.54) is 61.6 Å². The lowest BCUT2D eigenvalue weighted by molar-refractivity contribution is -0.105. The maximum absolute atomic E-state index is 12.6. The summed E-state index contributed by atoms with van der Waals surface area (Å²) >= 11 is 1.49. The van der Waals surface area contributed by atoms with E-state index in [9.17, 15) is 9.18 Å². The number of rotatable bonds is 8. The van der Waals surface area contributed by atoms with Crippen molar-refractivity contribution in [2.24, 2.45) is 0 Å². The van der Waals surface area contributed by atoms with Crippen LogP contribution in [0.1, 0.15) is 43.3 Å². The number of piperidine rings is 1. The smallest absolute Gasteiger partial charge is 0.211 e. The molecule has 0 unspecified atom stereocenters. The van der Waals surface area contributed by atoms with Crippen molar-refractivity contribution < 1.29 is 9.18 Å². The highest BCUT2D eigenvalue weighted by molar-refractivity contribution is 7.10. The van der Waals surface area contributed by atoms with E-state index in [2.05, 4.69) is 58.9 Å². The highest BCUT2D eigenvalue weighted by Crippen LogP contribution is 2.27. The molecule has 2 aliphatic rings. The van der Waals surface area contributed by atoms with Gasteiger partial charge in [0.25, 0.3) is 0 Å². The number of amides is 1. The van der Waals surface area contributed by atoms with E-state index in [-0.39, 0.29) is 5.69 Å². The number of carbonyl (C=O) groups is 1. The van der Waals surface area contributed by atoms with Crippen LogP contribution < -0.4 is 16.1 Å². The van der Waals surface area contributed by atoms with Crippen LogP contribution in [-0.4, -0.2) is 61.2 Å². The fraction of sp³-hybridized carbons (Fsp3) is 0.357. The maximum Gasteiger partial charge on any atom is 0.211 e. The van der Waals surface area contributed by atoms with Gasteiger partial charge in [-0.2, -0.15) is 4.37 Å². The number of nitrogens with zero attached hydrogens (tertiary/aromatic N) is 6. The monoisotopic (exact) mass is 563 g/mol. The summed E-state index contributed by atoms with van der Waals surface area (Å²) in [6.07, 6.45) is 10.5. The van der Waals surface area contributed by atoms with Gasteiger partial charge in [0.05, 0.1) is 29.0 Å². The van der Waals surface area contributed by atoms with Crippen LogP contribution in [0.2, 0.25) is 0 Å². The number of carbonyl (C=O) groups excluding carboxylic acids is 1. The first-order valence-corrected chi connectivity index (χ1v) is 14.3. The lowest BCUT2D eigenvalue weighted by Crippen LogP contribution is -2.29. The number of aromatic nitrogens is 4. The van der Waals surface area contributed by atoms with Crippen molar-refractivity contribution in [3.05, 3.63) is 71.8 Å². The molecule has 2 aliphatic heterocycles. The number of hydrogen-bond donors (Lipinski definition) is 3. The molecule has 0 bridgehead atoms. The number of benzene rings is 1. The van der Waals surface area contributed by atoms with Crippen LogP contribution in [0, 0.1) is 12.7 Å². The van der Waals surface area contributed by atoms with Gasteiger partial charge in [-0.1, -0.05) is 18.6 Å². The Kier molecular flexibility index (Phi) is 8.99. The molecule has 210 valence electrons. The fourth-order valence-corrected chi connectivity index (χ4v) is 5.46. The number of fused-ring (bicyclic) bond motifs is 1. The lowest BCUT2D eigenvalue weighted by atomic mass is 10.1. The molecule has 0 aliphatic carbocycles. The molecular weight excluding hydrogens is 529 g/mol. The molecule has 1 saturated heterocycles. The summed E-state index contributed by atoms with van der Waals surface area (Å²) in [4.78, 5) is 21.7. The summed E-state index contributed by atoms with van der Waals surface area (Å²) in [6.45, 7) is 9.17. The van der Waals surface area contributed by atoms with Crippen molar-refractivity contribution in [3.8, 4) is 0 Å². The Morgan fingerprint density at radius 1 is 1.20 bits per heavy atom. The molecule has 0 spiro atoms. The third-order valence-corrected chi connectivity index (χ3v) is 7.53. The standard InChI is InChI=1S/C21H28N8S.C7H6FNO/c1-3-28-13-16(10-23-28)18-11-22-21-20(24-15(2)12-29(18)21)25-19-9-17(26-30-19)14-27-7-5-4-6-8-27;8-6-3-1-2-4-7(6)9-5-10/h9,11-13,23H,3-8,10,14H2,1-2H3,(H,24,25);1-5H,(H,9,10). The Morgan fingerprint density at radius 2 is 2.02 bits per heavy atom. The van der Waals surface area contributed by atoms with Gasteiger partial charge in [-0.05, 0) is 69.5 Å². The number of para-hydroxylation sites is 1. The van der Waals surface area contributed by atoms with Crippen molar-refractivity contribution in [1.82, 2.24) is 34.1 Å². The van der Waals surface area contributed by atoms with Crippen molar-refractivity contribution in [2.45, 2.75) is 39.7 Å². The van der Waals surface area contributed by atoms with Crippen LogP contribution in [0.5, 0.6) is 0 Å². The second kappa shape index (κ2) is 13.0. The molecule has 12 heteroatoms. The number of nitrogens with one attached hydrogen (secondary N) is 3. The Hall–Kier alpha value is -3.87. The van der Waals surface area contributed by atoms with Crippen LogP contribution in [-0.2, 0) is 11.3 Å². The normalized spacial score (nSPS) is 15.5. The Bertz CT molecular complexity index is 1480. The van der Waals surface area contributed by atoms with E-state index in [0.717, 1.165) is 53.2 Å². The van der Waals surface area contributed by atoms with Gasteiger partial charge in [-0.15, -0.1) is 0 Å². The quantitative estimate of drug-likeness (QED) is 0.263. The van der Waals surface area contributed by atoms with Gasteiger partial charge in [-0.25, -0.2) is 19.8 Å². The number of halogens is 1. The zero-order valence-corrected chi connectivity index (χ0v) is 23.5. The SMILES string of the molecule is CCN1C=C(c2cnc3c(Nc4cc(CN5CCCCC5)ns4)nc(C)cn23)CN1.O=CNc1ccccc1F. The average molecular weight is 564 g/mol. The first-order valence-electron chi connectivity index (χ1n) is 13.5. The molecule has 0 saturated carbocycles. The highest BCUT2D eigenvalue weighted by Gasteiger charge is 2.19. The van der Waals surface area contributed by atoms with Crippen LogP contribution in [0.3, 0.4) is 0 Å². The second-order valence-corrected chi connectivity index (χ2v) is 10.5. The minimum Gasteiger partial charge on any atom is -0.328 e. The molecule has 6 rings (SSSR count). The number of imidazole rings is 1. The predicted molar refractivity (Wildman–Crippen MR) is 157 cm³/mol. The first kappa shape index (κ1) is 27.7. The molecule has 10 nitrogen and oxygen atoms in total. The molecule has 3 N–H and O–H groups in total. The number of likely N-dealkylation sites (tertiary alicyclic amines) is 1. The number of anilines is 3. The molecule has 5 heterocycles. The van der Waals surface area contributed by atoms with Gasteiger partial charge in [0.1, 0.15) is 10.8 Å². The van der Waals surface area contributed by atoms with Crippen LogP contribution in [0.4, 0.5) is 20.9 Å². The van der Waals surface area contributed by atoms with Crippen LogP contribution in [0.25, 0.3) is 11.2 Å². The summed E-state index contributed by atoms with van der Waals surface area (Å²) in [7, 11) is 0. The van der Waals surface area contributed by atoms with Gasteiger partial charge in [0, 0.05) is 37.6 Å². The van der Waals surface area contributed by atoms with E-state index in [0.29, 0.717) is 6.41 Å². The Balaban J connectivity index is 0.000000274. The minimum atomic E-state index is -0.422. The maximum atomic E-state index is 12.6. The molecular formula is C28H34FN9OS. The molecule has 1 aromatic carbocycles. The van der Waals surface area contributed by atoms with E-state index >= 15 is 0 Å². The summed E-state index contributed by atoms with van der Waals surface area (Å²) in [6, 6.07) is 8.13. The molecule has 3 aromatic heterocycles. The molecule has 1 amide bonds. The molecule has 0 radical (unpaired) electrons.